The number of aromatic nitrogens is 2. The summed E-state index contributed by atoms with van der Waals surface area (Å²) in [6, 6.07) is 0.739. The maximum Gasteiger partial charge on any atom is 0.130 e. The second-order valence-corrected chi connectivity index (χ2v) is 6.47. The van der Waals surface area contributed by atoms with Crippen LogP contribution in [-0.2, 0) is 18.2 Å². The number of aryl methyl sites for hydroxylation is 2. The quantitative estimate of drug-likeness (QED) is 0.899. The van der Waals surface area contributed by atoms with Crippen LogP contribution in [0.1, 0.15) is 30.5 Å². The second-order valence-electron chi connectivity index (χ2n) is 6.11. The minimum Gasteiger partial charge on any atom is -0.381 e. The molecule has 1 saturated carbocycles. The van der Waals surface area contributed by atoms with E-state index in [1.807, 2.05) is 14.0 Å². The minimum atomic E-state index is 0.194. The summed E-state index contributed by atoms with van der Waals surface area (Å²) >= 11 is 6.37. The van der Waals surface area contributed by atoms with E-state index in [1.54, 1.807) is 4.68 Å². The summed E-state index contributed by atoms with van der Waals surface area (Å²) < 4.78 is 7.43. The zero-order valence-corrected chi connectivity index (χ0v) is 12.5. The number of hydrogen-bond acceptors (Lipinski definition) is 3. The number of nitrogens with zero attached hydrogens (tertiary/aromatic N) is 2. The van der Waals surface area contributed by atoms with Crippen molar-refractivity contribution < 1.29 is 4.74 Å². The lowest BCUT2D eigenvalue weighted by atomic mass is 9.81. The van der Waals surface area contributed by atoms with Gasteiger partial charge in [0, 0.05) is 37.2 Å². The number of nitrogens with one attached hydrogen (secondary N) is 1. The van der Waals surface area contributed by atoms with E-state index in [-0.39, 0.29) is 5.41 Å². The molecule has 1 unspecified atom stereocenters. The maximum atomic E-state index is 6.37. The second kappa shape index (κ2) is 5.08. The van der Waals surface area contributed by atoms with Crippen LogP contribution >= 0.6 is 11.6 Å². The molecule has 0 aromatic carbocycles. The Morgan fingerprint density at radius 3 is 2.84 bits per heavy atom. The predicted molar refractivity (Wildman–Crippen MR) is 75.6 cm³/mol. The van der Waals surface area contributed by atoms with E-state index in [9.17, 15) is 0 Å². The fraction of sp³-hybridized carbons (Fsp3) is 0.786. The average molecular weight is 284 g/mol. The third kappa shape index (κ3) is 2.81. The van der Waals surface area contributed by atoms with Gasteiger partial charge >= 0.3 is 0 Å². The molecule has 1 saturated heterocycles. The lowest BCUT2D eigenvalue weighted by Gasteiger charge is -2.28. The highest BCUT2D eigenvalue weighted by Crippen LogP contribution is 2.36. The standard InChI is InChI=1S/C14H22ClN3O/c1-10-12(13(15)18(2)17-10)7-14(5-6-19-9-14)8-16-11-3-4-11/h11,16H,3-9H2,1-2H3. The molecule has 2 heterocycles. The van der Waals surface area contributed by atoms with Crippen molar-refractivity contribution in [2.45, 2.75) is 38.6 Å². The molecular formula is C14H22ClN3O. The highest BCUT2D eigenvalue weighted by Gasteiger charge is 2.38. The fourth-order valence-corrected chi connectivity index (χ4v) is 3.13. The van der Waals surface area contributed by atoms with Crippen molar-refractivity contribution in [3.8, 4) is 0 Å². The van der Waals surface area contributed by atoms with E-state index >= 15 is 0 Å². The topological polar surface area (TPSA) is 39.1 Å². The monoisotopic (exact) mass is 283 g/mol. The van der Waals surface area contributed by atoms with E-state index in [0.717, 1.165) is 49.5 Å². The Morgan fingerprint density at radius 2 is 2.32 bits per heavy atom. The Bertz CT molecular complexity index is 462. The lowest BCUT2D eigenvalue weighted by molar-refractivity contribution is 0.149. The minimum absolute atomic E-state index is 0.194. The first-order valence-electron chi connectivity index (χ1n) is 7.09. The average Bonchev–Trinajstić information content (AvgIpc) is 3.06. The Balaban J connectivity index is 1.76. The molecule has 2 aliphatic rings. The molecule has 1 aromatic heterocycles. The van der Waals surface area contributed by atoms with Gasteiger partial charge in [-0.25, -0.2) is 0 Å². The van der Waals surface area contributed by atoms with Crippen LogP contribution in [0.5, 0.6) is 0 Å². The number of halogens is 1. The lowest BCUT2D eigenvalue weighted by Crippen LogP contribution is -2.37. The van der Waals surface area contributed by atoms with Crippen LogP contribution < -0.4 is 5.32 Å². The maximum absolute atomic E-state index is 6.37. The van der Waals surface area contributed by atoms with Gasteiger partial charge in [-0.05, 0) is 32.6 Å². The molecule has 0 radical (unpaired) electrons. The SMILES string of the molecule is Cc1nn(C)c(Cl)c1CC1(CNC2CC2)CCOC1. The van der Waals surface area contributed by atoms with Crippen LogP contribution in [0, 0.1) is 12.3 Å². The van der Waals surface area contributed by atoms with E-state index < -0.39 is 0 Å². The van der Waals surface area contributed by atoms with E-state index in [2.05, 4.69) is 10.4 Å². The van der Waals surface area contributed by atoms with Gasteiger partial charge < -0.3 is 10.1 Å². The van der Waals surface area contributed by atoms with Gasteiger partial charge in [0.2, 0.25) is 0 Å². The van der Waals surface area contributed by atoms with Crippen molar-refractivity contribution in [3.63, 3.8) is 0 Å². The molecule has 19 heavy (non-hydrogen) atoms. The summed E-state index contributed by atoms with van der Waals surface area (Å²) in [5.74, 6) is 0. The summed E-state index contributed by atoms with van der Waals surface area (Å²) in [5.41, 5.74) is 2.43. The number of hydrogen-bond donors (Lipinski definition) is 1. The normalized spacial score (nSPS) is 27.1. The van der Waals surface area contributed by atoms with Crippen LogP contribution in [0.2, 0.25) is 5.15 Å². The molecule has 1 aliphatic heterocycles. The summed E-state index contributed by atoms with van der Waals surface area (Å²) in [6.07, 6.45) is 4.72. The largest absolute Gasteiger partial charge is 0.381 e. The highest BCUT2D eigenvalue weighted by atomic mass is 35.5. The van der Waals surface area contributed by atoms with E-state index in [4.69, 9.17) is 16.3 Å². The van der Waals surface area contributed by atoms with Crippen molar-refractivity contribution in [1.29, 1.82) is 0 Å². The zero-order chi connectivity index (χ0) is 13.5. The third-order valence-corrected chi connectivity index (χ3v) is 4.82. The first kappa shape index (κ1) is 13.4. The van der Waals surface area contributed by atoms with Crippen molar-refractivity contribution in [2.24, 2.45) is 12.5 Å². The Morgan fingerprint density at radius 1 is 1.53 bits per heavy atom. The fourth-order valence-electron chi connectivity index (χ4n) is 2.89. The molecule has 1 aliphatic carbocycles. The number of rotatable bonds is 5. The van der Waals surface area contributed by atoms with Gasteiger partial charge in [0.25, 0.3) is 0 Å². The van der Waals surface area contributed by atoms with Crippen LogP contribution in [0.3, 0.4) is 0 Å². The number of ether oxygens (including phenoxy) is 1. The molecule has 0 bridgehead atoms. The molecule has 3 rings (SSSR count). The molecule has 5 heteroatoms. The summed E-state index contributed by atoms with van der Waals surface area (Å²) in [4.78, 5) is 0. The molecule has 106 valence electrons. The van der Waals surface area contributed by atoms with Crippen molar-refractivity contribution in [2.75, 3.05) is 19.8 Å². The Kier molecular flexibility index (Phi) is 3.58. The van der Waals surface area contributed by atoms with Gasteiger partial charge in [-0.3, -0.25) is 4.68 Å². The summed E-state index contributed by atoms with van der Waals surface area (Å²) in [5, 5.41) is 8.84. The molecule has 0 spiro atoms. The Hall–Kier alpha value is -0.580. The first-order valence-corrected chi connectivity index (χ1v) is 7.47. The van der Waals surface area contributed by atoms with Crippen molar-refractivity contribution >= 4 is 11.6 Å². The van der Waals surface area contributed by atoms with Crippen LogP contribution in [-0.4, -0.2) is 35.6 Å². The molecule has 1 atom stereocenters. The summed E-state index contributed by atoms with van der Waals surface area (Å²) in [7, 11) is 1.90. The van der Waals surface area contributed by atoms with Gasteiger partial charge in [0.1, 0.15) is 5.15 Å². The van der Waals surface area contributed by atoms with Gasteiger partial charge in [-0.1, -0.05) is 11.6 Å². The highest BCUT2D eigenvalue weighted by molar-refractivity contribution is 6.30. The summed E-state index contributed by atoms with van der Waals surface area (Å²) in [6.45, 7) is 4.77. The molecule has 4 nitrogen and oxygen atoms in total. The van der Waals surface area contributed by atoms with Crippen LogP contribution in [0.15, 0.2) is 0 Å². The van der Waals surface area contributed by atoms with Crippen LogP contribution in [0.4, 0.5) is 0 Å². The van der Waals surface area contributed by atoms with Gasteiger partial charge in [0.15, 0.2) is 0 Å². The van der Waals surface area contributed by atoms with Crippen molar-refractivity contribution in [1.82, 2.24) is 15.1 Å². The Labute approximate surface area is 119 Å². The van der Waals surface area contributed by atoms with Gasteiger partial charge in [-0.15, -0.1) is 0 Å². The predicted octanol–water partition coefficient (Wildman–Crippen LogP) is 2.08. The van der Waals surface area contributed by atoms with E-state index in [0.29, 0.717) is 0 Å². The van der Waals surface area contributed by atoms with E-state index in [1.165, 1.54) is 18.4 Å². The molecule has 2 fully saturated rings. The third-order valence-electron chi connectivity index (χ3n) is 4.35. The van der Waals surface area contributed by atoms with Crippen molar-refractivity contribution in [3.05, 3.63) is 16.4 Å². The van der Waals surface area contributed by atoms with Crippen LogP contribution in [0.25, 0.3) is 0 Å². The molecule has 1 aromatic rings. The zero-order valence-electron chi connectivity index (χ0n) is 11.7. The van der Waals surface area contributed by atoms with Gasteiger partial charge in [-0.2, -0.15) is 5.10 Å². The molecule has 0 amide bonds. The first-order chi connectivity index (χ1) is 9.10. The molecular weight excluding hydrogens is 262 g/mol. The smallest absolute Gasteiger partial charge is 0.130 e. The van der Waals surface area contributed by atoms with Gasteiger partial charge in [0.05, 0.1) is 12.3 Å². The molecule has 1 N–H and O–H groups in total.